The third kappa shape index (κ3) is 3.69. The van der Waals surface area contributed by atoms with Gasteiger partial charge in [0.1, 0.15) is 0 Å². The molecule has 0 fully saturated rings. The van der Waals surface area contributed by atoms with Gasteiger partial charge in [0.05, 0.1) is 16.4 Å². The van der Waals surface area contributed by atoms with Crippen molar-refractivity contribution in [2.24, 2.45) is 11.8 Å². The summed E-state index contributed by atoms with van der Waals surface area (Å²) in [6.45, 7) is 5.56. The van der Waals surface area contributed by atoms with E-state index in [0.717, 1.165) is 22.9 Å². The minimum absolute atomic E-state index is 0.697. The molecule has 1 aromatic carbocycles. The zero-order valence-corrected chi connectivity index (χ0v) is 13.7. The minimum atomic E-state index is 0.697. The zero-order chi connectivity index (χ0) is 14.7. The maximum atomic E-state index is 6.30. The van der Waals surface area contributed by atoms with Gasteiger partial charge in [0, 0.05) is 20.6 Å². The lowest BCUT2D eigenvalue weighted by molar-refractivity contribution is 0.421. The molecule has 0 aromatic heterocycles. The van der Waals surface area contributed by atoms with Crippen molar-refractivity contribution in [2.75, 3.05) is 30.9 Å². The summed E-state index contributed by atoms with van der Waals surface area (Å²) in [6, 6.07) is 6.06. The number of halogens is 1. The Balaban J connectivity index is 2.05. The molecule has 0 amide bonds. The number of nitrogens with zero attached hydrogens (tertiary/aromatic N) is 1. The van der Waals surface area contributed by atoms with E-state index in [9.17, 15) is 0 Å². The van der Waals surface area contributed by atoms with Crippen molar-refractivity contribution in [3.8, 4) is 0 Å². The van der Waals surface area contributed by atoms with Crippen LogP contribution in [0.2, 0.25) is 5.02 Å². The van der Waals surface area contributed by atoms with E-state index < -0.39 is 0 Å². The number of hydrogen-bond donors (Lipinski definition) is 1. The van der Waals surface area contributed by atoms with E-state index in [4.69, 9.17) is 11.6 Å². The van der Waals surface area contributed by atoms with E-state index in [-0.39, 0.29) is 0 Å². The standard InChI is InChI=1S/C17H25ClN2/c1-12-8-13(2)10-14(9-12)11-19-16-7-5-6-15(18)17(16)20(3)4/h5-8,12,14,19H,9-11H2,1-4H3. The first-order valence-electron chi connectivity index (χ1n) is 7.34. The van der Waals surface area contributed by atoms with E-state index in [1.807, 2.05) is 26.2 Å². The van der Waals surface area contributed by atoms with Gasteiger partial charge < -0.3 is 10.2 Å². The Labute approximate surface area is 127 Å². The molecule has 1 aliphatic rings. The van der Waals surface area contributed by atoms with Crippen LogP contribution in [0.1, 0.15) is 26.7 Å². The third-order valence-electron chi connectivity index (χ3n) is 3.90. The molecule has 2 atom stereocenters. The number of hydrogen-bond acceptors (Lipinski definition) is 2. The Morgan fingerprint density at radius 3 is 2.75 bits per heavy atom. The van der Waals surface area contributed by atoms with Gasteiger partial charge in [0.25, 0.3) is 0 Å². The van der Waals surface area contributed by atoms with E-state index in [2.05, 4.69) is 36.2 Å². The maximum Gasteiger partial charge on any atom is 0.0786 e. The van der Waals surface area contributed by atoms with Crippen LogP contribution in [0.5, 0.6) is 0 Å². The molecule has 0 saturated heterocycles. The predicted molar refractivity (Wildman–Crippen MR) is 89.9 cm³/mol. The van der Waals surface area contributed by atoms with Crippen molar-refractivity contribution in [1.29, 1.82) is 0 Å². The van der Waals surface area contributed by atoms with Gasteiger partial charge in [-0.15, -0.1) is 0 Å². The highest BCUT2D eigenvalue weighted by molar-refractivity contribution is 6.34. The van der Waals surface area contributed by atoms with Gasteiger partial charge in [-0.05, 0) is 43.7 Å². The summed E-state index contributed by atoms with van der Waals surface area (Å²) >= 11 is 6.30. The Morgan fingerprint density at radius 2 is 2.10 bits per heavy atom. The molecule has 0 saturated carbocycles. The van der Waals surface area contributed by atoms with Gasteiger partial charge in [-0.2, -0.15) is 0 Å². The van der Waals surface area contributed by atoms with Crippen molar-refractivity contribution >= 4 is 23.0 Å². The minimum Gasteiger partial charge on any atom is -0.383 e. The quantitative estimate of drug-likeness (QED) is 0.801. The zero-order valence-electron chi connectivity index (χ0n) is 12.9. The van der Waals surface area contributed by atoms with Gasteiger partial charge in [-0.3, -0.25) is 0 Å². The van der Waals surface area contributed by atoms with Crippen molar-refractivity contribution in [3.05, 3.63) is 34.9 Å². The predicted octanol–water partition coefficient (Wildman–Crippen LogP) is 4.81. The van der Waals surface area contributed by atoms with Crippen molar-refractivity contribution < 1.29 is 0 Å². The largest absolute Gasteiger partial charge is 0.383 e. The second kappa shape index (κ2) is 6.53. The van der Waals surface area contributed by atoms with Crippen LogP contribution in [0.3, 0.4) is 0 Å². The maximum absolute atomic E-state index is 6.30. The molecule has 0 radical (unpaired) electrons. The molecule has 2 rings (SSSR count). The highest BCUT2D eigenvalue weighted by Gasteiger charge is 2.18. The summed E-state index contributed by atoms with van der Waals surface area (Å²) in [4.78, 5) is 2.07. The molecule has 110 valence electrons. The fraction of sp³-hybridized carbons (Fsp3) is 0.529. The Hall–Kier alpha value is -1.15. The normalized spacial score (nSPS) is 22.4. The molecule has 2 nitrogen and oxygen atoms in total. The monoisotopic (exact) mass is 292 g/mol. The van der Waals surface area contributed by atoms with Crippen LogP contribution >= 0.6 is 11.6 Å². The summed E-state index contributed by atoms with van der Waals surface area (Å²) < 4.78 is 0. The highest BCUT2D eigenvalue weighted by Crippen LogP contribution is 2.34. The number of rotatable bonds is 4. The summed E-state index contributed by atoms with van der Waals surface area (Å²) in [5.41, 5.74) is 3.72. The molecule has 0 aliphatic heterocycles. The average Bonchev–Trinajstić information content (AvgIpc) is 2.34. The van der Waals surface area contributed by atoms with Gasteiger partial charge in [0.15, 0.2) is 0 Å². The lowest BCUT2D eigenvalue weighted by Crippen LogP contribution is -2.21. The Morgan fingerprint density at radius 1 is 1.35 bits per heavy atom. The van der Waals surface area contributed by atoms with Crippen LogP contribution < -0.4 is 10.2 Å². The van der Waals surface area contributed by atoms with E-state index in [0.29, 0.717) is 11.8 Å². The molecule has 0 spiro atoms. The van der Waals surface area contributed by atoms with Gasteiger partial charge in [-0.1, -0.05) is 36.2 Å². The molecule has 1 aliphatic carbocycles. The lowest BCUT2D eigenvalue weighted by Gasteiger charge is -2.27. The molecule has 2 unspecified atom stereocenters. The number of anilines is 2. The Kier molecular flexibility index (Phi) is 4.98. The molecule has 3 heteroatoms. The van der Waals surface area contributed by atoms with Crippen LogP contribution in [0.4, 0.5) is 11.4 Å². The fourth-order valence-corrected chi connectivity index (χ4v) is 3.55. The van der Waals surface area contributed by atoms with Gasteiger partial charge in [-0.25, -0.2) is 0 Å². The molecule has 20 heavy (non-hydrogen) atoms. The summed E-state index contributed by atoms with van der Waals surface area (Å²) in [5, 5.41) is 4.39. The fourth-order valence-electron chi connectivity index (χ4n) is 3.21. The molecule has 1 N–H and O–H groups in total. The average molecular weight is 293 g/mol. The third-order valence-corrected chi connectivity index (χ3v) is 4.20. The second-order valence-corrected chi connectivity index (χ2v) is 6.61. The summed E-state index contributed by atoms with van der Waals surface area (Å²) in [6.07, 6.45) is 4.87. The summed E-state index contributed by atoms with van der Waals surface area (Å²) in [7, 11) is 4.06. The number of benzene rings is 1. The number of allylic oxidation sites excluding steroid dienone is 2. The highest BCUT2D eigenvalue weighted by atomic mass is 35.5. The van der Waals surface area contributed by atoms with E-state index in [1.165, 1.54) is 18.4 Å². The molecule has 0 bridgehead atoms. The van der Waals surface area contributed by atoms with Gasteiger partial charge >= 0.3 is 0 Å². The second-order valence-electron chi connectivity index (χ2n) is 6.21. The number of nitrogens with one attached hydrogen (secondary N) is 1. The van der Waals surface area contributed by atoms with Crippen LogP contribution in [0.15, 0.2) is 29.8 Å². The summed E-state index contributed by atoms with van der Waals surface area (Å²) in [5.74, 6) is 1.41. The van der Waals surface area contributed by atoms with Crippen molar-refractivity contribution in [2.45, 2.75) is 26.7 Å². The smallest absolute Gasteiger partial charge is 0.0786 e. The molecule has 0 heterocycles. The topological polar surface area (TPSA) is 15.3 Å². The lowest BCUT2D eigenvalue weighted by atomic mass is 9.83. The van der Waals surface area contributed by atoms with Gasteiger partial charge in [0.2, 0.25) is 0 Å². The molecule has 1 aromatic rings. The van der Waals surface area contributed by atoms with Crippen LogP contribution in [0.25, 0.3) is 0 Å². The van der Waals surface area contributed by atoms with Crippen molar-refractivity contribution in [3.63, 3.8) is 0 Å². The van der Waals surface area contributed by atoms with Crippen LogP contribution in [-0.2, 0) is 0 Å². The van der Waals surface area contributed by atoms with Crippen molar-refractivity contribution in [1.82, 2.24) is 0 Å². The van der Waals surface area contributed by atoms with Crippen LogP contribution in [0, 0.1) is 11.8 Å². The molecular weight excluding hydrogens is 268 g/mol. The van der Waals surface area contributed by atoms with E-state index in [1.54, 1.807) is 0 Å². The van der Waals surface area contributed by atoms with E-state index >= 15 is 0 Å². The first-order chi connectivity index (χ1) is 9.47. The SMILES string of the molecule is CC1=CC(C)CC(CNc2cccc(Cl)c2N(C)C)C1. The Bertz CT molecular complexity index is 494. The first-order valence-corrected chi connectivity index (χ1v) is 7.72. The first kappa shape index (κ1) is 15.2. The number of para-hydroxylation sites is 1. The van der Waals surface area contributed by atoms with Crippen LogP contribution in [-0.4, -0.2) is 20.6 Å². The molecular formula is C17H25ClN2.